The maximum atomic E-state index is 5.55. The predicted octanol–water partition coefficient (Wildman–Crippen LogP) is 6.49. The summed E-state index contributed by atoms with van der Waals surface area (Å²) in [4.78, 5) is 0. The normalized spacial score (nSPS) is 11.3. The number of thiocarbonyl (C=S) groups is 2. The van der Waals surface area contributed by atoms with E-state index in [-0.39, 0.29) is 28.2 Å². The summed E-state index contributed by atoms with van der Waals surface area (Å²) < 4.78 is 18.3. The molecule has 1 radical (unpaired) electrons. The Hall–Kier alpha value is -1.51. The summed E-state index contributed by atoms with van der Waals surface area (Å²) in [6.45, 7) is 9.24. The Morgan fingerprint density at radius 2 is 1.45 bits per heavy atom. The number of hydrogen-bond acceptors (Lipinski definition) is 7. The van der Waals surface area contributed by atoms with Crippen LogP contribution in [0.15, 0.2) is 50.4 Å². The van der Waals surface area contributed by atoms with E-state index in [1.807, 2.05) is 57.2 Å². The second-order valence-corrected chi connectivity index (χ2v) is 10.4. The Bertz CT molecular complexity index is 1100. The molecule has 0 bridgehead atoms. The van der Waals surface area contributed by atoms with Crippen molar-refractivity contribution in [2.24, 2.45) is 5.10 Å². The molecule has 0 heterocycles. The minimum Gasteiger partial charge on any atom is -0.493 e. The third-order valence-corrected chi connectivity index (χ3v) is 6.69. The Kier molecular flexibility index (Phi) is 19.4. The van der Waals surface area contributed by atoms with Crippen molar-refractivity contribution >= 4 is 72.7 Å². The molecule has 9 nitrogen and oxygen atoms in total. The van der Waals surface area contributed by atoms with Crippen LogP contribution in [0.4, 0.5) is 0 Å². The van der Waals surface area contributed by atoms with E-state index in [4.69, 9.17) is 38.6 Å². The summed E-state index contributed by atoms with van der Waals surface area (Å²) >= 11 is 17.7. The number of nitrogens with zero attached hydrogens (tertiary/aromatic N) is 3. The van der Waals surface area contributed by atoms with Crippen LogP contribution in [-0.2, 0) is 34.9 Å². The summed E-state index contributed by atoms with van der Waals surface area (Å²) in [5.41, 5.74) is 13.4. The standard InChI is InChI=1S/C26H36Br2N6O3S2.Cu/c1-4-35-12-11-20(32-34-26(39)30-16-19-8-10-24(37-6-3)22(28)14-19)17-31-33-25(38)29-15-18-7-9-23(36-5-2)21(27)13-18;/h7-10,13-14,17,20,32H,4-6,11-12,15-16H2,1-3H3,(H4,29,30,33,34,38,39);/q;+2/p-2/b31-17+;. The molecule has 2 rings (SSSR count). The van der Waals surface area contributed by atoms with E-state index in [2.05, 4.69) is 63.9 Å². The second kappa shape index (κ2) is 21.2. The Morgan fingerprint density at radius 1 is 0.900 bits per heavy atom. The molecule has 14 heteroatoms. The molecule has 1 atom stereocenters. The molecule has 0 aromatic heterocycles. The zero-order chi connectivity index (χ0) is 28.5. The van der Waals surface area contributed by atoms with Crippen LogP contribution in [0, 0.1) is 0 Å². The summed E-state index contributed by atoms with van der Waals surface area (Å²) in [6, 6.07) is 11.5. The first-order chi connectivity index (χ1) is 18.9. The van der Waals surface area contributed by atoms with Gasteiger partial charge in [0.1, 0.15) is 11.5 Å². The number of halogens is 2. The molecule has 0 amide bonds. The molecule has 0 aliphatic carbocycles. The maximum absolute atomic E-state index is 5.55. The maximum Gasteiger partial charge on any atom is 2.00 e. The molecule has 0 fully saturated rings. The first-order valence-corrected chi connectivity index (χ1v) is 14.9. The monoisotopic (exact) mass is 763 g/mol. The van der Waals surface area contributed by atoms with E-state index in [0.29, 0.717) is 51.1 Å². The van der Waals surface area contributed by atoms with Crippen molar-refractivity contribution in [1.82, 2.24) is 16.1 Å². The van der Waals surface area contributed by atoms with Gasteiger partial charge in [-0.1, -0.05) is 36.6 Å². The Morgan fingerprint density at radius 3 is 1.95 bits per heavy atom. The van der Waals surface area contributed by atoms with Crippen molar-refractivity contribution in [2.75, 3.05) is 26.4 Å². The predicted molar refractivity (Wildman–Crippen MR) is 173 cm³/mol. The van der Waals surface area contributed by atoms with Gasteiger partial charge in [0.05, 0.1) is 22.2 Å². The van der Waals surface area contributed by atoms with Crippen LogP contribution in [0.1, 0.15) is 38.3 Å². The molecule has 0 spiro atoms. The number of rotatable bonds is 16. The molecular formula is C26H34Br2CuN6O3S2. The average molecular weight is 766 g/mol. The fourth-order valence-electron chi connectivity index (χ4n) is 3.12. The van der Waals surface area contributed by atoms with Gasteiger partial charge in [0, 0.05) is 35.7 Å². The number of benzene rings is 2. The van der Waals surface area contributed by atoms with Gasteiger partial charge in [0.25, 0.3) is 0 Å². The molecule has 40 heavy (non-hydrogen) atoms. The van der Waals surface area contributed by atoms with E-state index in [1.165, 1.54) is 0 Å². The zero-order valence-corrected chi connectivity index (χ0v) is 28.3. The Labute approximate surface area is 275 Å². The summed E-state index contributed by atoms with van der Waals surface area (Å²) in [5.74, 6) is 1.60. The Balaban J connectivity index is 0.00000800. The number of ether oxygens (including phenoxy) is 3. The summed E-state index contributed by atoms with van der Waals surface area (Å²) in [7, 11) is 0. The van der Waals surface area contributed by atoms with Gasteiger partial charge in [0.15, 0.2) is 0 Å². The van der Waals surface area contributed by atoms with Gasteiger partial charge in [-0.2, -0.15) is 0 Å². The molecule has 0 aliphatic rings. The second-order valence-electron chi connectivity index (χ2n) is 7.91. The van der Waals surface area contributed by atoms with Gasteiger partial charge >= 0.3 is 17.1 Å². The molecule has 2 aromatic rings. The van der Waals surface area contributed by atoms with E-state index < -0.39 is 0 Å². The molecule has 2 aromatic carbocycles. The quantitative estimate of drug-likeness (QED) is 0.0587. The van der Waals surface area contributed by atoms with Gasteiger partial charge in [-0.05, 0) is 108 Å². The van der Waals surface area contributed by atoms with Gasteiger partial charge in [-0.25, -0.2) is 0 Å². The van der Waals surface area contributed by atoms with Crippen molar-refractivity contribution in [3.8, 4) is 11.5 Å². The van der Waals surface area contributed by atoms with Crippen molar-refractivity contribution in [3.63, 3.8) is 0 Å². The molecule has 0 saturated carbocycles. The minimum atomic E-state index is -0.246. The SMILES string of the molecule is CCOCCC(/C=N/[N-]C(=S)NCc1ccc(OCC)c(Br)c1)N[N-]C(=S)NCc1ccc(OCC)c(Br)c1.[Cu+2]. The van der Waals surface area contributed by atoms with Crippen molar-refractivity contribution in [1.29, 1.82) is 0 Å². The molecule has 0 aliphatic heterocycles. The smallest absolute Gasteiger partial charge is 0.493 e. The molecule has 0 saturated heterocycles. The third kappa shape index (κ3) is 14.4. The van der Waals surface area contributed by atoms with Crippen LogP contribution >= 0.6 is 56.3 Å². The van der Waals surface area contributed by atoms with Crippen molar-refractivity contribution in [3.05, 3.63) is 67.3 Å². The van der Waals surface area contributed by atoms with Crippen LogP contribution < -0.4 is 25.5 Å². The third-order valence-electron chi connectivity index (χ3n) is 4.98. The molecule has 1 unspecified atom stereocenters. The topological polar surface area (TPSA) is 104 Å². The summed E-state index contributed by atoms with van der Waals surface area (Å²) in [5, 5.41) is 10.9. The largest absolute Gasteiger partial charge is 2.00 e. The van der Waals surface area contributed by atoms with Gasteiger partial charge < -0.3 is 35.7 Å². The minimum absolute atomic E-state index is 0. The van der Waals surface area contributed by atoms with Crippen molar-refractivity contribution in [2.45, 2.75) is 46.3 Å². The van der Waals surface area contributed by atoms with Crippen LogP contribution in [0.5, 0.6) is 11.5 Å². The first-order valence-electron chi connectivity index (χ1n) is 12.5. The molecule has 223 valence electrons. The van der Waals surface area contributed by atoms with Gasteiger partial charge in [-0.3, -0.25) is 10.5 Å². The molecular weight excluding hydrogens is 732 g/mol. The summed E-state index contributed by atoms with van der Waals surface area (Å²) in [6.07, 6.45) is 2.27. The van der Waals surface area contributed by atoms with Crippen molar-refractivity contribution < 1.29 is 31.3 Å². The molecule has 3 N–H and O–H groups in total. The van der Waals surface area contributed by atoms with E-state index in [9.17, 15) is 0 Å². The fourth-order valence-corrected chi connectivity index (χ4v) is 4.44. The van der Waals surface area contributed by atoms with Crippen LogP contribution in [0.25, 0.3) is 10.9 Å². The first kappa shape index (κ1) is 36.5. The van der Waals surface area contributed by atoms with E-state index in [1.54, 1.807) is 6.21 Å². The zero-order valence-electron chi connectivity index (χ0n) is 22.5. The van der Waals surface area contributed by atoms with E-state index >= 15 is 0 Å². The number of nitrogens with one attached hydrogen (secondary N) is 3. The van der Waals surface area contributed by atoms with Crippen LogP contribution in [0.3, 0.4) is 0 Å². The number of hydrogen-bond donors (Lipinski definition) is 3. The fraction of sp³-hybridized carbons (Fsp3) is 0.423. The van der Waals surface area contributed by atoms with Crippen LogP contribution in [0.2, 0.25) is 0 Å². The average Bonchev–Trinajstić information content (AvgIpc) is 2.92. The van der Waals surface area contributed by atoms with E-state index in [0.717, 1.165) is 31.6 Å². The van der Waals surface area contributed by atoms with Gasteiger partial charge in [-0.15, -0.1) is 0 Å². The van der Waals surface area contributed by atoms with Crippen LogP contribution in [-0.4, -0.2) is 48.9 Å². The van der Waals surface area contributed by atoms with Gasteiger partial charge in [0.2, 0.25) is 0 Å².